The van der Waals surface area contributed by atoms with Crippen molar-refractivity contribution < 1.29 is 13.9 Å². The number of methoxy groups -OCH3 is 1. The lowest BCUT2D eigenvalue weighted by molar-refractivity contribution is 0.237. The van der Waals surface area contributed by atoms with Gasteiger partial charge in [-0.2, -0.15) is 0 Å². The zero-order chi connectivity index (χ0) is 14.7. The molecule has 0 fully saturated rings. The first-order valence-corrected chi connectivity index (χ1v) is 7.03. The van der Waals surface area contributed by atoms with Crippen LogP contribution in [0.4, 0.5) is 4.39 Å². The van der Waals surface area contributed by atoms with Gasteiger partial charge in [-0.05, 0) is 24.1 Å². The van der Waals surface area contributed by atoms with Gasteiger partial charge in [-0.25, -0.2) is 4.39 Å². The van der Waals surface area contributed by atoms with Crippen molar-refractivity contribution in [1.82, 2.24) is 5.32 Å². The number of ether oxygens (including phenoxy) is 2. The van der Waals surface area contributed by atoms with Crippen LogP contribution in [0, 0.1) is 5.82 Å². The van der Waals surface area contributed by atoms with Gasteiger partial charge >= 0.3 is 0 Å². The van der Waals surface area contributed by atoms with Crippen LogP contribution in [0.3, 0.4) is 0 Å². The fourth-order valence-corrected chi connectivity index (χ4v) is 2.51. The van der Waals surface area contributed by atoms with Crippen LogP contribution in [-0.4, -0.2) is 19.8 Å². The van der Waals surface area contributed by atoms with Crippen LogP contribution in [0.25, 0.3) is 0 Å². The molecule has 0 saturated carbocycles. The fraction of sp³-hybridized carbons (Fsp3) is 0.294. The number of fused-ring (bicyclic) bond motifs is 1. The highest BCUT2D eigenvalue weighted by Crippen LogP contribution is 2.24. The molecular weight excluding hydrogens is 269 g/mol. The summed E-state index contributed by atoms with van der Waals surface area (Å²) < 4.78 is 24.6. The van der Waals surface area contributed by atoms with Gasteiger partial charge in [0, 0.05) is 24.2 Å². The molecule has 1 heterocycles. The number of rotatable bonds is 4. The Balaban J connectivity index is 1.61. The van der Waals surface area contributed by atoms with Crippen LogP contribution in [0.1, 0.15) is 11.1 Å². The lowest BCUT2D eigenvalue weighted by Gasteiger charge is -2.26. The van der Waals surface area contributed by atoms with E-state index in [1.54, 1.807) is 12.1 Å². The molecule has 21 heavy (non-hydrogen) atoms. The van der Waals surface area contributed by atoms with E-state index in [2.05, 4.69) is 11.4 Å². The predicted octanol–water partition coefficient (Wildman–Crippen LogP) is 2.93. The molecule has 1 aliphatic rings. The topological polar surface area (TPSA) is 30.5 Å². The Morgan fingerprint density at radius 3 is 2.95 bits per heavy atom. The Bertz CT molecular complexity index is 630. The fourth-order valence-electron chi connectivity index (χ4n) is 2.51. The lowest BCUT2D eigenvalue weighted by atomic mass is 10.0. The summed E-state index contributed by atoms with van der Waals surface area (Å²) in [6, 6.07) is 13.1. The van der Waals surface area contributed by atoms with Gasteiger partial charge < -0.3 is 14.8 Å². The van der Waals surface area contributed by atoms with E-state index in [1.807, 2.05) is 18.2 Å². The summed E-state index contributed by atoms with van der Waals surface area (Å²) in [5.74, 6) is 1.23. The summed E-state index contributed by atoms with van der Waals surface area (Å²) in [6.07, 6.45) is 0.897. The van der Waals surface area contributed by atoms with Gasteiger partial charge in [0.1, 0.15) is 23.9 Å². The van der Waals surface area contributed by atoms with E-state index in [9.17, 15) is 4.39 Å². The van der Waals surface area contributed by atoms with Crippen molar-refractivity contribution in [3.05, 3.63) is 59.4 Å². The van der Waals surface area contributed by atoms with Gasteiger partial charge in [-0.15, -0.1) is 0 Å². The molecule has 0 unspecified atom stereocenters. The molecule has 0 aliphatic carbocycles. The third kappa shape index (κ3) is 3.16. The molecule has 1 aliphatic heterocycles. The second-order valence-corrected chi connectivity index (χ2v) is 5.16. The minimum absolute atomic E-state index is 0.196. The highest BCUT2D eigenvalue weighted by atomic mass is 19.1. The van der Waals surface area contributed by atoms with E-state index in [4.69, 9.17) is 9.47 Å². The molecule has 4 heteroatoms. The van der Waals surface area contributed by atoms with Gasteiger partial charge in [-0.3, -0.25) is 0 Å². The van der Waals surface area contributed by atoms with Crippen molar-refractivity contribution >= 4 is 0 Å². The molecule has 2 aromatic carbocycles. The molecule has 110 valence electrons. The van der Waals surface area contributed by atoms with Crippen LogP contribution < -0.4 is 14.8 Å². The average Bonchev–Trinajstić information content (AvgIpc) is 2.53. The van der Waals surface area contributed by atoms with Gasteiger partial charge in [0.2, 0.25) is 0 Å². The van der Waals surface area contributed by atoms with Gasteiger partial charge in [0.25, 0.3) is 0 Å². The Kier molecular flexibility index (Phi) is 4.06. The summed E-state index contributed by atoms with van der Waals surface area (Å²) >= 11 is 0. The maximum Gasteiger partial charge on any atom is 0.131 e. The summed E-state index contributed by atoms with van der Waals surface area (Å²) in [5.41, 5.74) is 1.83. The minimum Gasteiger partial charge on any atom is -0.497 e. The molecule has 1 N–H and O–H groups in total. The first kappa shape index (κ1) is 13.9. The average molecular weight is 287 g/mol. The van der Waals surface area contributed by atoms with Crippen LogP contribution >= 0.6 is 0 Å². The van der Waals surface area contributed by atoms with Crippen LogP contribution in [-0.2, 0) is 13.0 Å². The summed E-state index contributed by atoms with van der Waals surface area (Å²) in [6.45, 7) is 1.08. The minimum atomic E-state index is -0.251. The van der Waals surface area contributed by atoms with Crippen molar-refractivity contribution in [2.45, 2.75) is 19.0 Å². The molecule has 0 saturated heterocycles. The van der Waals surface area contributed by atoms with E-state index < -0.39 is 0 Å². The molecule has 1 atom stereocenters. The molecule has 0 bridgehead atoms. The maximum absolute atomic E-state index is 13.9. The quantitative estimate of drug-likeness (QED) is 0.938. The van der Waals surface area contributed by atoms with Crippen molar-refractivity contribution in [1.29, 1.82) is 0 Å². The SMILES string of the molecule is COc1ccc(CN[C@@H]2COc3ccccc3C2)c(F)c1. The molecule has 3 rings (SSSR count). The Morgan fingerprint density at radius 1 is 1.29 bits per heavy atom. The third-order valence-corrected chi connectivity index (χ3v) is 3.72. The van der Waals surface area contributed by atoms with Crippen LogP contribution in [0.2, 0.25) is 0 Å². The zero-order valence-electron chi connectivity index (χ0n) is 11.9. The highest BCUT2D eigenvalue weighted by Gasteiger charge is 2.19. The summed E-state index contributed by atoms with van der Waals surface area (Å²) in [4.78, 5) is 0. The summed E-state index contributed by atoms with van der Waals surface area (Å²) in [5, 5.41) is 3.35. The molecule has 0 spiro atoms. The third-order valence-electron chi connectivity index (χ3n) is 3.72. The van der Waals surface area contributed by atoms with E-state index >= 15 is 0 Å². The Labute approximate surface area is 123 Å². The van der Waals surface area contributed by atoms with Crippen molar-refractivity contribution in [2.75, 3.05) is 13.7 Å². The summed E-state index contributed by atoms with van der Waals surface area (Å²) in [7, 11) is 1.53. The van der Waals surface area contributed by atoms with E-state index in [0.717, 1.165) is 12.2 Å². The maximum atomic E-state index is 13.9. The van der Waals surface area contributed by atoms with Crippen molar-refractivity contribution in [3.63, 3.8) is 0 Å². The first-order chi connectivity index (χ1) is 10.3. The molecule has 0 radical (unpaired) electrons. The number of nitrogens with one attached hydrogen (secondary N) is 1. The van der Waals surface area contributed by atoms with Crippen molar-refractivity contribution in [2.24, 2.45) is 0 Å². The normalized spacial score (nSPS) is 17.0. The van der Waals surface area contributed by atoms with Gasteiger partial charge in [0.05, 0.1) is 7.11 Å². The van der Waals surface area contributed by atoms with E-state index in [1.165, 1.54) is 18.7 Å². The smallest absolute Gasteiger partial charge is 0.131 e. The number of halogens is 1. The standard InChI is InChI=1S/C17H18FNO2/c1-20-15-7-6-13(16(18)9-15)10-19-14-8-12-4-2-3-5-17(12)21-11-14/h2-7,9,14,19H,8,10-11H2,1H3/t14-/m0/s1. The molecular formula is C17H18FNO2. The number of hydrogen-bond donors (Lipinski definition) is 1. The highest BCUT2D eigenvalue weighted by molar-refractivity contribution is 5.35. The van der Waals surface area contributed by atoms with Gasteiger partial charge in [0.15, 0.2) is 0 Å². The monoisotopic (exact) mass is 287 g/mol. The van der Waals surface area contributed by atoms with E-state index in [0.29, 0.717) is 24.5 Å². The number of para-hydroxylation sites is 1. The zero-order valence-corrected chi connectivity index (χ0v) is 11.9. The Hall–Kier alpha value is -2.07. The first-order valence-electron chi connectivity index (χ1n) is 7.03. The molecule has 0 amide bonds. The number of benzene rings is 2. The Morgan fingerprint density at radius 2 is 2.14 bits per heavy atom. The second kappa shape index (κ2) is 6.14. The molecule has 0 aromatic heterocycles. The number of hydrogen-bond acceptors (Lipinski definition) is 3. The largest absolute Gasteiger partial charge is 0.497 e. The lowest BCUT2D eigenvalue weighted by Crippen LogP contribution is -2.39. The van der Waals surface area contributed by atoms with Crippen LogP contribution in [0.15, 0.2) is 42.5 Å². The molecule has 2 aromatic rings. The van der Waals surface area contributed by atoms with E-state index in [-0.39, 0.29) is 11.9 Å². The predicted molar refractivity (Wildman–Crippen MR) is 79.2 cm³/mol. The van der Waals surface area contributed by atoms with Crippen LogP contribution in [0.5, 0.6) is 11.5 Å². The van der Waals surface area contributed by atoms with Crippen molar-refractivity contribution in [3.8, 4) is 11.5 Å². The van der Waals surface area contributed by atoms with Gasteiger partial charge in [-0.1, -0.05) is 24.3 Å². The molecule has 3 nitrogen and oxygen atoms in total. The second-order valence-electron chi connectivity index (χ2n) is 5.16.